The largest absolute Gasteiger partial charge is 0.354 e. The summed E-state index contributed by atoms with van der Waals surface area (Å²) in [5, 5.41) is 7.42. The highest BCUT2D eigenvalue weighted by Gasteiger charge is 2.25. The summed E-state index contributed by atoms with van der Waals surface area (Å²) in [5.41, 5.74) is 1.92. The highest BCUT2D eigenvalue weighted by molar-refractivity contribution is 5.98. The molecule has 0 unspecified atom stereocenters. The Morgan fingerprint density at radius 2 is 2.12 bits per heavy atom. The number of para-hydroxylation sites is 2. The molecule has 1 fully saturated rings. The summed E-state index contributed by atoms with van der Waals surface area (Å²) in [6, 6.07) is 6.50. The number of imidazole rings is 1. The summed E-state index contributed by atoms with van der Waals surface area (Å²) in [7, 11) is 0. The Hall–Kier alpha value is -2.90. The summed E-state index contributed by atoms with van der Waals surface area (Å²) in [6.07, 6.45) is 1.89. The molecule has 0 bridgehead atoms. The molecule has 2 aromatic rings. The fourth-order valence-corrected chi connectivity index (χ4v) is 2.64. The van der Waals surface area contributed by atoms with Gasteiger partial charge in [0, 0.05) is 19.4 Å². The second kappa shape index (κ2) is 7.12. The third kappa shape index (κ3) is 3.89. The van der Waals surface area contributed by atoms with Crippen molar-refractivity contribution in [2.24, 2.45) is 0 Å². The van der Waals surface area contributed by atoms with Crippen molar-refractivity contribution < 1.29 is 14.4 Å². The number of carbonyl (C=O) groups excluding carboxylic acids is 3. The zero-order chi connectivity index (χ0) is 16.9. The molecular formula is C16H19N5O3. The molecule has 1 aliphatic heterocycles. The number of H-pyrrole nitrogens is 1. The molecule has 4 N–H and O–H groups in total. The first-order valence-electron chi connectivity index (χ1n) is 7.93. The highest BCUT2D eigenvalue weighted by atomic mass is 16.2. The Bertz CT molecular complexity index is 737. The SMILES string of the molecule is O=C1CC[C@@H](C(=O)NCCCc2nc3ccccc3[nH]2)NC(=O)N1. The average Bonchev–Trinajstić information content (AvgIpc) is 2.89. The molecule has 126 valence electrons. The van der Waals surface area contributed by atoms with Crippen molar-refractivity contribution in [1.29, 1.82) is 0 Å². The van der Waals surface area contributed by atoms with Gasteiger partial charge in [-0.15, -0.1) is 0 Å². The lowest BCUT2D eigenvalue weighted by molar-refractivity contribution is -0.123. The number of aromatic amines is 1. The first kappa shape index (κ1) is 16.0. The van der Waals surface area contributed by atoms with Crippen LogP contribution in [0.15, 0.2) is 24.3 Å². The molecule has 0 spiro atoms. The van der Waals surface area contributed by atoms with Crippen LogP contribution < -0.4 is 16.0 Å². The summed E-state index contributed by atoms with van der Waals surface area (Å²) < 4.78 is 0. The highest BCUT2D eigenvalue weighted by Crippen LogP contribution is 2.11. The third-order valence-electron chi connectivity index (χ3n) is 3.86. The van der Waals surface area contributed by atoms with Crippen molar-refractivity contribution in [2.45, 2.75) is 31.7 Å². The maximum atomic E-state index is 12.1. The van der Waals surface area contributed by atoms with Gasteiger partial charge in [0.05, 0.1) is 11.0 Å². The standard InChI is InChI=1S/C16H19N5O3/c22-14-8-7-12(20-16(24)21-14)15(23)17-9-3-6-13-18-10-4-1-2-5-11(10)19-13/h1-2,4-5,12H,3,6-9H2,(H,17,23)(H,18,19)(H2,20,21,22,24)/t12-/m0/s1. The zero-order valence-electron chi connectivity index (χ0n) is 13.1. The smallest absolute Gasteiger partial charge is 0.322 e. The zero-order valence-corrected chi connectivity index (χ0v) is 13.1. The predicted octanol–water partition coefficient (Wildman–Crippen LogP) is 0.600. The van der Waals surface area contributed by atoms with Gasteiger partial charge in [0.25, 0.3) is 0 Å². The number of carbonyl (C=O) groups is 3. The number of hydrogen-bond donors (Lipinski definition) is 4. The Morgan fingerprint density at radius 1 is 1.29 bits per heavy atom. The van der Waals surface area contributed by atoms with E-state index < -0.39 is 12.1 Å². The summed E-state index contributed by atoms with van der Waals surface area (Å²) in [5.74, 6) is 0.236. The van der Waals surface area contributed by atoms with E-state index in [-0.39, 0.29) is 18.2 Å². The lowest BCUT2D eigenvalue weighted by atomic mass is 10.1. The topological polar surface area (TPSA) is 116 Å². The number of nitrogens with zero attached hydrogens (tertiary/aromatic N) is 1. The summed E-state index contributed by atoms with van der Waals surface area (Å²) in [6.45, 7) is 0.476. The van der Waals surface area contributed by atoms with Crippen molar-refractivity contribution in [1.82, 2.24) is 25.9 Å². The van der Waals surface area contributed by atoms with Crippen molar-refractivity contribution in [3.8, 4) is 0 Å². The number of fused-ring (bicyclic) bond motifs is 1. The monoisotopic (exact) mass is 329 g/mol. The van der Waals surface area contributed by atoms with Gasteiger partial charge in [-0.25, -0.2) is 9.78 Å². The van der Waals surface area contributed by atoms with Crippen molar-refractivity contribution in [3.63, 3.8) is 0 Å². The lowest BCUT2D eigenvalue weighted by Crippen LogP contribution is -2.48. The van der Waals surface area contributed by atoms with Crippen LogP contribution in [-0.2, 0) is 16.0 Å². The number of nitrogens with one attached hydrogen (secondary N) is 4. The molecule has 0 radical (unpaired) electrons. The fraction of sp³-hybridized carbons (Fsp3) is 0.375. The molecule has 3 rings (SSSR count). The Morgan fingerprint density at radius 3 is 2.96 bits per heavy atom. The molecule has 1 atom stereocenters. The van der Waals surface area contributed by atoms with Gasteiger partial charge < -0.3 is 15.6 Å². The molecule has 8 heteroatoms. The number of hydrogen-bond acceptors (Lipinski definition) is 4. The van der Waals surface area contributed by atoms with E-state index in [9.17, 15) is 14.4 Å². The molecule has 24 heavy (non-hydrogen) atoms. The van der Waals surface area contributed by atoms with E-state index in [1.165, 1.54) is 0 Å². The van der Waals surface area contributed by atoms with Gasteiger partial charge in [-0.3, -0.25) is 14.9 Å². The Labute approximate surface area is 138 Å². The van der Waals surface area contributed by atoms with Crippen molar-refractivity contribution in [2.75, 3.05) is 6.54 Å². The molecule has 1 saturated heterocycles. The maximum Gasteiger partial charge on any atom is 0.322 e. The van der Waals surface area contributed by atoms with Gasteiger partial charge in [-0.1, -0.05) is 12.1 Å². The number of amides is 4. The van der Waals surface area contributed by atoms with Gasteiger partial charge in [-0.05, 0) is 25.0 Å². The molecule has 1 aliphatic rings. The van der Waals surface area contributed by atoms with E-state index in [2.05, 4.69) is 25.9 Å². The van der Waals surface area contributed by atoms with Crippen LogP contribution in [0.3, 0.4) is 0 Å². The van der Waals surface area contributed by atoms with E-state index in [1.54, 1.807) is 0 Å². The second-order valence-corrected chi connectivity index (χ2v) is 5.71. The number of imide groups is 1. The minimum absolute atomic E-state index is 0.149. The molecule has 0 saturated carbocycles. The van der Waals surface area contributed by atoms with Gasteiger partial charge in [-0.2, -0.15) is 0 Å². The number of urea groups is 1. The molecule has 2 heterocycles. The second-order valence-electron chi connectivity index (χ2n) is 5.71. The van der Waals surface area contributed by atoms with E-state index >= 15 is 0 Å². The molecular weight excluding hydrogens is 310 g/mol. The minimum atomic E-state index is -0.678. The van der Waals surface area contributed by atoms with Crippen molar-refractivity contribution >= 4 is 28.9 Å². The Kier molecular flexibility index (Phi) is 4.74. The van der Waals surface area contributed by atoms with Crippen LogP contribution in [0.2, 0.25) is 0 Å². The van der Waals surface area contributed by atoms with Gasteiger partial charge >= 0.3 is 6.03 Å². The Balaban J connectivity index is 1.44. The van der Waals surface area contributed by atoms with Crippen LogP contribution in [0.25, 0.3) is 11.0 Å². The van der Waals surface area contributed by atoms with Crippen LogP contribution >= 0.6 is 0 Å². The molecule has 1 aromatic heterocycles. The number of aromatic nitrogens is 2. The average molecular weight is 329 g/mol. The molecule has 4 amide bonds. The third-order valence-corrected chi connectivity index (χ3v) is 3.86. The molecule has 0 aliphatic carbocycles. The normalized spacial score (nSPS) is 17.9. The number of aryl methyl sites for hydroxylation is 1. The predicted molar refractivity (Wildman–Crippen MR) is 87.1 cm³/mol. The molecule has 8 nitrogen and oxygen atoms in total. The van der Waals surface area contributed by atoms with Crippen molar-refractivity contribution in [3.05, 3.63) is 30.1 Å². The number of benzene rings is 1. The maximum absolute atomic E-state index is 12.1. The fourth-order valence-electron chi connectivity index (χ4n) is 2.64. The van der Waals surface area contributed by atoms with Crippen LogP contribution in [0.5, 0.6) is 0 Å². The minimum Gasteiger partial charge on any atom is -0.354 e. The molecule has 1 aromatic carbocycles. The number of rotatable bonds is 5. The first-order valence-corrected chi connectivity index (χ1v) is 7.93. The van der Waals surface area contributed by atoms with E-state index in [0.717, 1.165) is 23.3 Å². The lowest BCUT2D eigenvalue weighted by Gasteiger charge is -2.14. The van der Waals surface area contributed by atoms with Crippen LogP contribution in [0.4, 0.5) is 4.79 Å². The van der Waals surface area contributed by atoms with Crippen LogP contribution in [0, 0.1) is 0 Å². The summed E-state index contributed by atoms with van der Waals surface area (Å²) in [4.78, 5) is 42.4. The van der Waals surface area contributed by atoms with Gasteiger partial charge in [0.1, 0.15) is 11.9 Å². The van der Waals surface area contributed by atoms with E-state index in [1.807, 2.05) is 24.3 Å². The quantitative estimate of drug-likeness (QED) is 0.601. The van der Waals surface area contributed by atoms with Crippen LogP contribution in [0.1, 0.15) is 25.1 Å². The summed E-state index contributed by atoms with van der Waals surface area (Å²) >= 11 is 0. The van der Waals surface area contributed by atoms with E-state index in [4.69, 9.17) is 0 Å². The van der Waals surface area contributed by atoms with Gasteiger partial charge in [0.2, 0.25) is 11.8 Å². The van der Waals surface area contributed by atoms with Gasteiger partial charge in [0.15, 0.2) is 0 Å². The first-order chi connectivity index (χ1) is 11.6. The van der Waals surface area contributed by atoms with Crippen LogP contribution in [-0.4, -0.2) is 40.4 Å². The van der Waals surface area contributed by atoms with E-state index in [0.29, 0.717) is 19.4 Å².